The van der Waals surface area contributed by atoms with Gasteiger partial charge >= 0.3 is 5.97 Å². The van der Waals surface area contributed by atoms with Gasteiger partial charge in [0.15, 0.2) is 0 Å². The summed E-state index contributed by atoms with van der Waals surface area (Å²) < 4.78 is 4.75. The predicted molar refractivity (Wildman–Crippen MR) is 70.1 cm³/mol. The van der Waals surface area contributed by atoms with E-state index in [0.717, 1.165) is 0 Å². The monoisotopic (exact) mass is 290 g/mol. The van der Waals surface area contributed by atoms with Crippen molar-refractivity contribution in [1.29, 1.82) is 0 Å². The molecule has 1 saturated heterocycles. The zero-order valence-electron chi connectivity index (χ0n) is 11.9. The number of nitrogens with zero attached hydrogens (tertiary/aromatic N) is 1. The van der Waals surface area contributed by atoms with Crippen molar-refractivity contribution in [3.05, 3.63) is 0 Å². The average molecular weight is 290 g/mol. The molecule has 1 N–H and O–H groups in total. The van der Waals surface area contributed by atoms with Crippen molar-refractivity contribution in [2.24, 2.45) is 0 Å². The lowest BCUT2D eigenvalue weighted by Crippen LogP contribution is -2.34. The first-order chi connectivity index (χ1) is 9.54. The highest BCUT2D eigenvalue weighted by Crippen LogP contribution is 2.11. The van der Waals surface area contributed by atoms with Crippen molar-refractivity contribution in [2.45, 2.75) is 33.6 Å². The van der Waals surface area contributed by atoms with Gasteiger partial charge in [0.2, 0.25) is 5.91 Å². The molecule has 8 nitrogen and oxygen atoms in total. The topological polar surface area (TPSA) is 102 Å². The van der Waals surface area contributed by atoms with Gasteiger partial charge in [-0.15, -0.1) is 5.06 Å². The summed E-state index contributed by atoms with van der Waals surface area (Å²) in [5.41, 5.74) is 0. The average Bonchev–Trinajstić information content (AvgIpc) is 2.73. The Morgan fingerprint density at radius 1 is 1.20 bits per heavy atom. The molecule has 0 radical (unpaired) electrons. The summed E-state index contributed by atoms with van der Waals surface area (Å²) in [5.74, 6) is -2.38. The van der Waals surface area contributed by atoms with Gasteiger partial charge in [-0.25, -0.2) is 4.79 Å². The van der Waals surface area contributed by atoms with Crippen LogP contribution < -0.4 is 5.32 Å². The van der Waals surface area contributed by atoms with Gasteiger partial charge in [0, 0.05) is 20.8 Å². The second-order valence-corrected chi connectivity index (χ2v) is 3.49. The molecule has 8 heteroatoms. The Hall–Kier alpha value is -1.96. The van der Waals surface area contributed by atoms with E-state index in [1.54, 1.807) is 6.92 Å². The maximum absolute atomic E-state index is 11.2. The van der Waals surface area contributed by atoms with Gasteiger partial charge in [0.1, 0.15) is 13.2 Å². The number of carbonyl (C=O) groups excluding carboxylic acids is 4. The summed E-state index contributed by atoms with van der Waals surface area (Å²) in [5, 5.41) is 2.90. The van der Waals surface area contributed by atoms with E-state index in [9.17, 15) is 19.2 Å². The molecule has 1 rings (SSSR count). The fourth-order valence-electron chi connectivity index (χ4n) is 1.26. The van der Waals surface area contributed by atoms with E-state index in [0.29, 0.717) is 11.6 Å². The van der Waals surface area contributed by atoms with E-state index in [1.807, 2.05) is 13.8 Å². The highest BCUT2D eigenvalue weighted by molar-refractivity contribution is 6.01. The Labute approximate surface area is 118 Å². The summed E-state index contributed by atoms with van der Waals surface area (Å²) in [6.45, 7) is 5.42. The van der Waals surface area contributed by atoms with Gasteiger partial charge in [-0.3, -0.25) is 14.4 Å². The Morgan fingerprint density at radius 2 is 1.75 bits per heavy atom. The lowest BCUT2D eigenvalue weighted by molar-refractivity contribution is -0.200. The van der Waals surface area contributed by atoms with E-state index in [-0.39, 0.29) is 26.8 Å². The van der Waals surface area contributed by atoms with E-state index < -0.39 is 24.4 Å². The first-order valence-electron chi connectivity index (χ1n) is 6.45. The van der Waals surface area contributed by atoms with Crippen LogP contribution >= 0.6 is 0 Å². The van der Waals surface area contributed by atoms with Crippen LogP contribution in [-0.4, -0.2) is 48.5 Å². The lowest BCUT2D eigenvalue weighted by Gasteiger charge is -2.12. The summed E-state index contributed by atoms with van der Waals surface area (Å²) in [4.78, 5) is 48.9. The second-order valence-electron chi connectivity index (χ2n) is 3.49. The highest BCUT2D eigenvalue weighted by atomic mass is 16.7. The molecule has 0 saturated carbocycles. The van der Waals surface area contributed by atoms with Crippen molar-refractivity contribution < 1.29 is 30.2 Å². The number of carbonyl (C=O) groups is 4. The predicted octanol–water partition coefficient (Wildman–Crippen LogP) is 0.0185. The number of nitrogens with one attached hydrogen (secondary N) is 1. The molecule has 20 heavy (non-hydrogen) atoms. The highest BCUT2D eigenvalue weighted by Gasteiger charge is 2.32. The van der Waals surface area contributed by atoms with E-state index in [4.69, 9.17) is 4.74 Å². The minimum Gasteiger partial charge on any atom is -0.360 e. The minimum atomic E-state index is -0.900. The van der Waals surface area contributed by atoms with Crippen LogP contribution in [0.5, 0.6) is 0 Å². The number of likely N-dealkylation sites (N-methyl/N-ethyl adjacent to an activating group) is 1. The molecule has 0 bridgehead atoms. The Balaban J connectivity index is 0. The van der Waals surface area contributed by atoms with Crippen LogP contribution in [0.15, 0.2) is 0 Å². The Morgan fingerprint density at radius 3 is 2.25 bits per heavy atom. The summed E-state index contributed by atoms with van der Waals surface area (Å²) >= 11 is 0. The molecule has 0 spiro atoms. The molecule has 0 atom stereocenters. The van der Waals surface area contributed by atoms with Crippen LogP contribution in [0.4, 0.5) is 0 Å². The molecule has 0 unspecified atom stereocenters. The number of amides is 3. The van der Waals surface area contributed by atoms with Gasteiger partial charge in [-0.2, -0.15) is 0 Å². The van der Waals surface area contributed by atoms with Gasteiger partial charge in [-0.05, 0) is 6.92 Å². The summed E-state index contributed by atoms with van der Waals surface area (Å²) in [6.07, 6.45) is 0.0672. The second kappa shape index (κ2) is 9.90. The fraction of sp³-hybridized carbons (Fsp3) is 0.667. The van der Waals surface area contributed by atoms with E-state index >= 15 is 0 Å². The molecule has 0 aromatic heterocycles. The van der Waals surface area contributed by atoms with Crippen molar-refractivity contribution in [3.63, 3.8) is 0 Å². The number of hydrogen-bond donors (Lipinski definition) is 1. The third-order valence-corrected chi connectivity index (χ3v) is 2.03. The van der Waals surface area contributed by atoms with Crippen LogP contribution in [0.3, 0.4) is 0 Å². The molecular weight excluding hydrogens is 268 g/mol. The van der Waals surface area contributed by atoms with Gasteiger partial charge in [0.25, 0.3) is 11.8 Å². The Bertz CT molecular complexity index is 359. The molecule has 0 aliphatic carbocycles. The third kappa shape index (κ3) is 6.28. The number of ether oxygens (including phenoxy) is 1. The molecule has 0 aromatic carbocycles. The first kappa shape index (κ1) is 18.0. The van der Waals surface area contributed by atoms with Gasteiger partial charge in [-0.1, -0.05) is 13.8 Å². The molecule has 1 heterocycles. The van der Waals surface area contributed by atoms with E-state index in [1.165, 1.54) is 0 Å². The number of imide groups is 1. The normalized spacial score (nSPS) is 13.7. The smallest absolute Gasteiger partial charge is 0.358 e. The van der Waals surface area contributed by atoms with Crippen LogP contribution in [-0.2, 0) is 28.8 Å². The van der Waals surface area contributed by atoms with E-state index in [2.05, 4.69) is 10.2 Å². The Kier molecular flexibility index (Phi) is 8.93. The van der Waals surface area contributed by atoms with Crippen molar-refractivity contribution in [3.8, 4) is 0 Å². The van der Waals surface area contributed by atoms with Crippen molar-refractivity contribution in [1.82, 2.24) is 10.4 Å². The quantitative estimate of drug-likeness (QED) is 0.692. The molecule has 1 aliphatic heterocycles. The van der Waals surface area contributed by atoms with Crippen LogP contribution in [0, 0.1) is 0 Å². The zero-order chi connectivity index (χ0) is 15.5. The summed E-state index contributed by atoms with van der Waals surface area (Å²) in [6, 6.07) is 0. The van der Waals surface area contributed by atoms with Gasteiger partial charge in [0.05, 0.1) is 0 Å². The molecular formula is C12H22N2O6. The van der Waals surface area contributed by atoms with Crippen LogP contribution in [0.2, 0.25) is 0 Å². The number of rotatable bonds is 6. The van der Waals surface area contributed by atoms with Crippen molar-refractivity contribution >= 4 is 23.7 Å². The molecule has 1 fully saturated rings. The van der Waals surface area contributed by atoms with Gasteiger partial charge < -0.3 is 14.9 Å². The minimum absolute atomic E-state index is 0. The molecule has 1 aliphatic rings. The largest absolute Gasteiger partial charge is 0.360 e. The zero-order valence-corrected chi connectivity index (χ0v) is 11.9. The number of hydrogen-bond acceptors (Lipinski definition) is 6. The van der Waals surface area contributed by atoms with Crippen LogP contribution in [0.1, 0.15) is 35.0 Å². The fourth-order valence-corrected chi connectivity index (χ4v) is 1.26. The van der Waals surface area contributed by atoms with Crippen molar-refractivity contribution in [2.75, 3.05) is 19.8 Å². The molecule has 3 amide bonds. The third-order valence-electron chi connectivity index (χ3n) is 2.03. The SMILES string of the molecule is CC.CCNC(=O)COCC(=O)ON1C(=O)CCC1=O.[HH]. The maximum atomic E-state index is 11.2. The first-order valence-corrected chi connectivity index (χ1v) is 6.45. The van der Waals surface area contributed by atoms with Crippen LogP contribution in [0.25, 0.3) is 0 Å². The molecule has 0 aromatic rings. The maximum Gasteiger partial charge on any atom is 0.358 e. The standard InChI is InChI=1S/C10H14N2O6.C2H6.H2/c1-2-11-7(13)5-17-6-10(16)18-12-8(14)3-4-9(12)15;1-2;/h2-6H2,1H3,(H,11,13);1-2H3;1H. The molecule has 116 valence electrons. The lowest BCUT2D eigenvalue weighted by atomic mass is 10.4. The number of hydroxylamine groups is 2. The summed E-state index contributed by atoms with van der Waals surface area (Å²) in [7, 11) is 0.